The third-order valence-corrected chi connectivity index (χ3v) is 7.26. The van der Waals surface area contributed by atoms with Gasteiger partial charge >= 0.3 is 0 Å². The Hall–Kier alpha value is -3.30. The van der Waals surface area contributed by atoms with E-state index in [1.54, 1.807) is 6.20 Å². The second-order valence-corrected chi connectivity index (χ2v) is 10.3. The molecule has 9 heteroatoms. The number of aryl methyl sites for hydroxylation is 1. The van der Waals surface area contributed by atoms with Crippen LogP contribution < -0.4 is 10.1 Å². The zero-order valence-corrected chi connectivity index (χ0v) is 22.3. The zero-order valence-electron chi connectivity index (χ0n) is 22.3. The van der Waals surface area contributed by atoms with Gasteiger partial charge in [-0.05, 0) is 64.5 Å². The summed E-state index contributed by atoms with van der Waals surface area (Å²) in [4.78, 5) is 10.8. The average Bonchev–Trinajstić information content (AvgIpc) is 3.60. The van der Waals surface area contributed by atoms with Crippen LogP contribution in [0.15, 0.2) is 36.9 Å². The first-order valence-corrected chi connectivity index (χ1v) is 12.9. The lowest BCUT2D eigenvalue weighted by molar-refractivity contribution is 0.171. The standard InChI is InChI=1S/C28H36FN7O/c1-18-22(25(33-35(18)5)10-11-34(3)4)12-26(19-6-7-19)37-28-23(15-31-16-24(28)29)20-8-9-27-32-14-21(13-30-2)36(27)17-20/h8-9,14-17,19,26,30H,6-7,10-13H2,1-5H3. The number of likely N-dealkylation sites (N-methyl/N-ethyl adjacent to an activating group) is 1. The molecule has 8 nitrogen and oxygen atoms in total. The van der Waals surface area contributed by atoms with E-state index in [1.165, 1.54) is 11.8 Å². The summed E-state index contributed by atoms with van der Waals surface area (Å²) < 4.78 is 25.9. The Balaban J connectivity index is 1.48. The molecule has 0 aromatic carbocycles. The average molecular weight is 506 g/mol. The lowest BCUT2D eigenvalue weighted by Gasteiger charge is -2.22. The molecule has 4 heterocycles. The quantitative estimate of drug-likeness (QED) is 0.334. The van der Waals surface area contributed by atoms with Gasteiger partial charge in [-0.3, -0.25) is 9.67 Å². The van der Waals surface area contributed by atoms with Crippen molar-refractivity contribution in [2.45, 2.75) is 45.3 Å². The Labute approximate surface area is 217 Å². The molecule has 1 saturated carbocycles. The number of nitrogens with one attached hydrogen (secondary N) is 1. The molecule has 0 amide bonds. The predicted molar refractivity (Wildman–Crippen MR) is 142 cm³/mol. The number of fused-ring (bicyclic) bond motifs is 1. The van der Waals surface area contributed by atoms with E-state index in [0.29, 0.717) is 24.4 Å². The van der Waals surface area contributed by atoms with E-state index in [4.69, 9.17) is 9.84 Å². The Morgan fingerprint density at radius 1 is 1.22 bits per heavy atom. The van der Waals surface area contributed by atoms with Crippen molar-refractivity contribution < 1.29 is 9.13 Å². The molecule has 1 fully saturated rings. The summed E-state index contributed by atoms with van der Waals surface area (Å²) in [5.41, 5.74) is 6.81. The lowest BCUT2D eigenvalue weighted by atomic mass is 10.0. The lowest BCUT2D eigenvalue weighted by Crippen LogP contribution is -2.24. The first kappa shape index (κ1) is 25.4. The SMILES string of the molecule is CNCc1cnc2ccc(-c3cncc(F)c3OC(Cc3c(CCN(C)C)nn(C)c3C)C3CC3)cn12. The Bertz CT molecular complexity index is 1390. The van der Waals surface area contributed by atoms with Gasteiger partial charge in [-0.1, -0.05) is 0 Å². The smallest absolute Gasteiger partial charge is 0.183 e. The van der Waals surface area contributed by atoms with Crippen LogP contribution in [-0.4, -0.2) is 62.8 Å². The van der Waals surface area contributed by atoms with Crippen molar-refractivity contribution >= 4 is 5.65 Å². The molecule has 0 aliphatic heterocycles. The number of hydrogen-bond donors (Lipinski definition) is 1. The third kappa shape index (κ3) is 5.38. The normalized spacial score (nSPS) is 14.6. The highest BCUT2D eigenvalue weighted by Crippen LogP contribution is 2.40. The maximum absolute atomic E-state index is 15.3. The summed E-state index contributed by atoms with van der Waals surface area (Å²) in [6.07, 6.45) is 10.4. The molecule has 1 unspecified atom stereocenters. The number of imidazole rings is 1. The number of halogens is 1. The van der Waals surface area contributed by atoms with Crippen LogP contribution in [0.2, 0.25) is 0 Å². The van der Waals surface area contributed by atoms with Crippen LogP contribution in [0, 0.1) is 18.7 Å². The van der Waals surface area contributed by atoms with Crippen LogP contribution >= 0.6 is 0 Å². The van der Waals surface area contributed by atoms with Gasteiger partial charge in [0.1, 0.15) is 11.8 Å². The third-order valence-electron chi connectivity index (χ3n) is 7.26. The molecule has 1 N–H and O–H groups in total. The fraction of sp³-hybridized carbons (Fsp3) is 0.464. The number of hydrogen-bond acceptors (Lipinski definition) is 6. The summed E-state index contributed by atoms with van der Waals surface area (Å²) in [5.74, 6) is 0.220. The number of rotatable bonds is 11. The van der Waals surface area contributed by atoms with E-state index in [-0.39, 0.29) is 11.9 Å². The summed E-state index contributed by atoms with van der Waals surface area (Å²) >= 11 is 0. The van der Waals surface area contributed by atoms with Gasteiger partial charge in [0.25, 0.3) is 0 Å². The topological polar surface area (TPSA) is 72.5 Å². The molecule has 0 radical (unpaired) electrons. The van der Waals surface area contributed by atoms with Gasteiger partial charge in [0, 0.05) is 62.2 Å². The van der Waals surface area contributed by atoms with Gasteiger partial charge in [0.2, 0.25) is 0 Å². The highest BCUT2D eigenvalue weighted by Gasteiger charge is 2.35. The van der Waals surface area contributed by atoms with Gasteiger partial charge in [-0.25, -0.2) is 9.37 Å². The van der Waals surface area contributed by atoms with Crippen LogP contribution in [0.1, 0.15) is 35.5 Å². The minimum Gasteiger partial charge on any atom is -0.486 e. The van der Waals surface area contributed by atoms with E-state index >= 15 is 4.39 Å². The molecule has 37 heavy (non-hydrogen) atoms. The molecule has 1 aliphatic rings. The zero-order chi connectivity index (χ0) is 26.1. The molecular formula is C28H36FN7O. The van der Waals surface area contributed by atoms with E-state index in [1.807, 2.05) is 47.7 Å². The second kappa shape index (κ2) is 10.6. The minimum absolute atomic E-state index is 0.131. The van der Waals surface area contributed by atoms with E-state index < -0.39 is 5.82 Å². The molecule has 4 aromatic heterocycles. The molecule has 0 spiro atoms. The van der Waals surface area contributed by atoms with Crippen LogP contribution in [-0.2, 0) is 26.4 Å². The molecular weight excluding hydrogens is 469 g/mol. The van der Waals surface area contributed by atoms with Crippen LogP contribution in [0.5, 0.6) is 5.75 Å². The maximum Gasteiger partial charge on any atom is 0.183 e. The van der Waals surface area contributed by atoms with Gasteiger partial charge in [0.15, 0.2) is 11.6 Å². The first-order chi connectivity index (χ1) is 17.9. The molecule has 1 atom stereocenters. The first-order valence-electron chi connectivity index (χ1n) is 12.9. The molecule has 0 bridgehead atoms. The van der Waals surface area contributed by atoms with Crippen molar-refractivity contribution in [3.63, 3.8) is 0 Å². The molecule has 4 aromatic rings. The van der Waals surface area contributed by atoms with Crippen LogP contribution in [0.25, 0.3) is 16.8 Å². The Morgan fingerprint density at radius 2 is 2.03 bits per heavy atom. The molecule has 1 aliphatic carbocycles. The van der Waals surface area contributed by atoms with Gasteiger partial charge in [0.05, 0.1) is 23.8 Å². The molecule has 5 rings (SSSR count). The van der Waals surface area contributed by atoms with Crippen molar-refractivity contribution in [3.05, 3.63) is 65.4 Å². The van der Waals surface area contributed by atoms with Crippen molar-refractivity contribution in [1.29, 1.82) is 0 Å². The monoisotopic (exact) mass is 505 g/mol. The molecule has 196 valence electrons. The van der Waals surface area contributed by atoms with E-state index in [9.17, 15) is 0 Å². The predicted octanol–water partition coefficient (Wildman–Crippen LogP) is 3.80. The summed E-state index contributed by atoms with van der Waals surface area (Å²) in [7, 11) is 8.03. The number of ether oxygens (including phenoxy) is 1. The fourth-order valence-corrected chi connectivity index (χ4v) is 4.89. The van der Waals surface area contributed by atoms with Crippen molar-refractivity contribution in [3.8, 4) is 16.9 Å². The summed E-state index contributed by atoms with van der Waals surface area (Å²) in [6.45, 7) is 3.71. The second-order valence-electron chi connectivity index (χ2n) is 10.3. The van der Waals surface area contributed by atoms with E-state index in [0.717, 1.165) is 54.1 Å². The minimum atomic E-state index is -0.444. The Morgan fingerprint density at radius 3 is 2.76 bits per heavy atom. The highest BCUT2D eigenvalue weighted by atomic mass is 19.1. The fourth-order valence-electron chi connectivity index (χ4n) is 4.89. The van der Waals surface area contributed by atoms with Gasteiger partial charge in [-0.2, -0.15) is 5.10 Å². The molecule has 0 saturated heterocycles. The Kier molecular flexibility index (Phi) is 7.26. The highest BCUT2D eigenvalue weighted by molar-refractivity contribution is 5.70. The van der Waals surface area contributed by atoms with Crippen molar-refractivity contribution in [2.75, 3.05) is 27.7 Å². The summed E-state index contributed by atoms with van der Waals surface area (Å²) in [5, 5.41) is 7.96. The van der Waals surface area contributed by atoms with Crippen molar-refractivity contribution in [1.82, 2.24) is 34.4 Å². The maximum atomic E-state index is 15.3. The van der Waals surface area contributed by atoms with Crippen LogP contribution in [0.3, 0.4) is 0 Å². The van der Waals surface area contributed by atoms with Gasteiger partial charge in [-0.15, -0.1) is 0 Å². The van der Waals surface area contributed by atoms with Crippen LogP contribution in [0.4, 0.5) is 4.39 Å². The largest absolute Gasteiger partial charge is 0.486 e. The van der Waals surface area contributed by atoms with Gasteiger partial charge < -0.3 is 19.4 Å². The number of nitrogens with zero attached hydrogens (tertiary/aromatic N) is 6. The number of aromatic nitrogens is 5. The number of pyridine rings is 2. The van der Waals surface area contributed by atoms with Crippen molar-refractivity contribution in [2.24, 2.45) is 13.0 Å². The summed E-state index contributed by atoms with van der Waals surface area (Å²) in [6, 6.07) is 3.89. The van der Waals surface area contributed by atoms with E-state index in [2.05, 4.69) is 41.2 Å².